The first kappa shape index (κ1) is 12.4. The molecule has 1 aliphatic rings. The Hall–Kier alpha value is -1.63. The second-order valence-electron chi connectivity index (χ2n) is 3.82. The lowest BCUT2D eigenvalue weighted by Gasteiger charge is -2.20. The minimum atomic E-state index is -1.74. The van der Waals surface area contributed by atoms with Crippen LogP contribution in [0, 0.1) is 0 Å². The van der Waals surface area contributed by atoms with E-state index in [2.05, 4.69) is 5.32 Å². The Balaban J connectivity index is 2.66. The summed E-state index contributed by atoms with van der Waals surface area (Å²) < 4.78 is 0. The predicted molar refractivity (Wildman–Crippen MR) is 54.0 cm³/mol. The van der Waals surface area contributed by atoms with E-state index in [1.807, 2.05) is 0 Å². The lowest BCUT2D eigenvalue weighted by molar-refractivity contribution is -0.148. The SMILES string of the molecule is CNC(=O)CN1CCC(O)(CC(N)=O)C1=O. The minimum absolute atomic E-state index is 0.115. The summed E-state index contributed by atoms with van der Waals surface area (Å²) in [5, 5.41) is 12.2. The van der Waals surface area contributed by atoms with Crippen molar-refractivity contribution in [2.75, 3.05) is 20.1 Å². The molecule has 1 atom stereocenters. The number of primary amides is 1. The van der Waals surface area contributed by atoms with Gasteiger partial charge in [0.25, 0.3) is 5.91 Å². The fourth-order valence-corrected chi connectivity index (χ4v) is 1.68. The Morgan fingerprint density at radius 3 is 2.75 bits per heavy atom. The highest BCUT2D eigenvalue weighted by Gasteiger charge is 2.46. The van der Waals surface area contributed by atoms with Gasteiger partial charge in [0, 0.05) is 20.0 Å². The van der Waals surface area contributed by atoms with Crippen LogP contribution in [0.25, 0.3) is 0 Å². The number of hydrogen-bond donors (Lipinski definition) is 3. The zero-order chi connectivity index (χ0) is 12.3. The molecule has 1 saturated heterocycles. The van der Waals surface area contributed by atoms with Crippen LogP contribution in [0.3, 0.4) is 0 Å². The normalized spacial score (nSPS) is 24.6. The molecule has 1 fully saturated rings. The molecule has 0 bridgehead atoms. The van der Waals surface area contributed by atoms with E-state index in [0.717, 1.165) is 0 Å². The van der Waals surface area contributed by atoms with Gasteiger partial charge >= 0.3 is 0 Å². The number of carbonyl (C=O) groups excluding carboxylic acids is 3. The summed E-state index contributed by atoms with van der Waals surface area (Å²) in [5.41, 5.74) is 3.21. The van der Waals surface area contributed by atoms with Crippen LogP contribution in [0.15, 0.2) is 0 Å². The molecule has 16 heavy (non-hydrogen) atoms. The van der Waals surface area contributed by atoms with Gasteiger partial charge in [-0.2, -0.15) is 0 Å². The Bertz CT molecular complexity index is 331. The molecule has 1 heterocycles. The van der Waals surface area contributed by atoms with E-state index >= 15 is 0 Å². The van der Waals surface area contributed by atoms with Crippen LogP contribution in [-0.2, 0) is 14.4 Å². The maximum Gasteiger partial charge on any atom is 0.255 e. The Kier molecular flexibility index (Phi) is 3.48. The van der Waals surface area contributed by atoms with Gasteiger partial charge in [-0.05, 0) is 0 Å². The standard InChI is InChI=1S/C9H15N3O4/c1-11-7(14)5-12-3-2-9(16,8(12)15)4-6(10)13/h16H,2-5H2,1H3,(H2,10,13)(H,11,14). The van der Waals surface area contributed by atoms with Crippen LogP contribution < -0.4 is 11.1 Å². The van der Waals surface area contributed by atoms with Crippen LogP contribution >= 0.6 is 0 Å². The fraction of sp³-hybridized carbons (Fsp3) is 0.667. The molecular formula is C9H15N3O4. The van der Waals surface area contributed by atoms with Crippen molar-refractivity contribution < 1.29 is 19.5 Å². The Morgan fingerprint density at radius 2 is 2.25 bits per heavy atom. The molecule has 4 N–H and O–H groups in total. The third-order valence-corrected chi connectivity index (χ3v) is 2.56. The molecule has 90 valence electrons. The zero-order valence-corrected chi connectivity index (χ0v) is 9.02. The van der Waals surface area contributed by atoms with Gasteiger partial charge in [0.1, 0.15) is 0 Å². The number of nitrogens with zero attached hydrogens (tertiary/aromatic N) is 1. The van der Waals surface area contributed by atoms with Crippen molar-refractivity contribution in [3.63, 3.8) is 0 Å². The van der Waals surface area contributed by atoms with E-state index in [-0.39, 0.29) is 25.4 Å². The van der Waals surface area contributed by atoms with E-state index in [4.69, 9.17) is 5.73 Å². The van der Waals surface area contributed by atoms with Crippen molar-refractivity contribution >= 4 is 17.7 Å². The number of likely N-dealkylation sites (N-methyl/N-ethyl adjacent to an activating group) is 1. The van der Waals surface area contributed by atoms with Gasteiger partial charge in [0.15, 0.2) is 5.60 Å². The number of carbonyl (C=O) groups is 3. The van der Waals surface area contributed by atoms with Crippen molar-refractivity contribution in [2.45, 2.75) is 18.4 Å². The largest absolute Gasteiger partial charge is 0.379 e. The highest BCUT2D eigenvalue weighted by molar-refractivity contribution is 5.94. The van der Waals surface area contributed by atoms with Crippen LogP contribution in [0.1, 0.15) is 12.8 Å². The molecule has 0 radical (unpaired) electrons. The maximum absolute atomic E-state index is 11.7. The van der Waals surface area contributed by atoms with Gasteiger partial charge < -0.3 is 21.1 Å². The first-order valence-corrected chi connectivity index (χ1v) is 4.89. The van der Waals surface area contributed by atoms with Crippen molar-refractivity contribution in [2.24, 2.45) is 5.73 Å². The monoisotopic (exact) mass is 229 g/mol. The van der Waals surface area contributed by atoms with Crippen LogP contribution in [0.5, 0.6) is 0 Å². The van der Waals surface area contributed by atoms with Gasteiger partial charge in [-0.25, -0.2) is 0 Å². The molecule has 0 aromatic rings. The van der Waals surface area contributed by atoms with Gasteiger partial charge in [-0.3, -0.25) is 14.4 Å². The summed E-state index contributed by atoms with van der Waals surface area (Å²) in [6, 6.07) is 0. The zero-order valence-electron chi connectivity index (χ0n) is 9.02. The molecule has 7 heteroatoms. The number of amides is 3. The Morgan fingerprint density at radius 1 is 1.62 bits per heavy atom. The summed E-state index contributed by atoms with van der Waals surface area (Å²) in [7, 11) is 1.46. The number of likely N-dealkylation sites (tertiary alicyclic amines) is 1. The number of hydrogen-bond acceptors (Lipinski definition) is 4. The van der Waals surface area contributed by atoms with Crippen LogP contribution in [-0.4, -0.2) is 53.5 Å². The first-order chi connectivity index (χ1) is 7.39. The third kappa shape index (κ3) is 2.48. The average Bonchev–Trinajstić information content (AvgIpc) is 2.45. The summed E-state index contributed by atoms with van der Waals surface area (Å²) >= 11 is 0. The van der Waals surface area contributed by atoms with Crippen molar-refractivity contribution in [1.29, 1.82) is 0 Å². The quantitative estimate of drug-likeness (QED) is 0.497. The molecule has 0 saturated carbocycles. The average molecular weight is 229 g/mol. The number of nitrogens with two attached hydrogens (primary N) is 1. The smallest absolute Gasteiger partial charge is 0.255 e. The fourth-order valence-electron chi connectivity index (χ4n) is 1.68. The van der Waals surface area contributed by atoms with E-state index in [0.29, 0.717) is 0 Å². The highest BCUT2D eigenvalue weighted by Crippen LogP contribution is 2.25. The van der Waals surface area contributed by atoms with Crippen molar-refractivity contribution in [3.05, 3.63) is 0 Å². The Labute approximate surface area is 92.6 Å². The van der Waals surface area contributed by atoms with Gasteiger partial charge in [0.2, 0.25) is 11.8 Å². The number of aliphatic hydroxyl groups is 1. The van der Waals surface area contributed by atoms with Crippen molar-refractivity contribution in [3.8, 4) is 0 Å². The first-order valence-electron chi connectivity index (χ1n) is 4.89. The van der Waals surface area contributed by atoms with Gasteiger partial charge in [-0.1, -0.05) is 0 Å². The second kappa shape index (κ2) is 4.48. The molecule has 1 rings (SSSR count). The summed E-state index contributed by atoms with van der Waals surface area (Å²) in [6.07, 6.45) is -0.290. The van der Waals surface area contributed by atoms with E-state index in [9.17, 15) is 19.5 Å². The second-order valence-corrected chi connectivity index (χ2v) is 3.82. The molecule has 0 aromatic heterocycles. The number of nitrogens with one attached hydrogen (secondary N) is 1. The number of rotatable bonds is 4. The van der Waals surface area contributed by atoms with Crippen molar-refractivity contribution in [1.82, 2.24) is 10.2 Å². The topological polar surface area (TPSA) is 113 Å². The molecule has 3 amide bonds. The molecule has 0 aromatic carbocycles. The maximum atomic E-state index is 11.7. The molecule has 0 aliphatic carbocycles. The molecular weight excluding hydrogens is 214 g/mol. The molecule has 1 unspecified atom stereocenters. The third-order valence-electron chi connectivity index (χ3n) is 2.56. The highest BCUT2D eigenvalue weighted by atomic mass is 16.3. The minimum Gasteiger partial charge on any atom is -0.379 e. The van der Waals surface area contributed by atoms with Crippen LogP contribution in [0.4, 0.5) is 0 Å². The molecule has 7 nitrogen and oxygen atoms in total. The van der Waals surface area contributed by atoms with Gasteiger partial charge in [0.05, 0.1) is 13.0 Å². The predicted octanol–water partition coefficient (Wildman–Crippen LogP) is -2.43. The summed E-state index contributed by atoms with van der Waals surface area (Å²) in [6.45, 7) is 0.131. The summed E-state index contributed by atoms with van der Waals surface area (Å²) in [5.74, 6) is -1.68. The molecule has 0 spiro atoms. The summed E-state index contributed by atoms with van der Waals surface area (Å²) in [4.78, 5) is 34.7. The van der Waals surface area contributed by atoms with E-state index in [1.165, 1.54) is 11.9 Å². The van der Waals surface area contributed by atoms with E-state index < -0.39 is 23.8 Å². The van der Waals surface area contributed by atoms with Crippen LogP contribution in [0.2, 0.25) is 0 Å². The lowest BCUT2D eigenvalue weighted by atomic mass is 9.98. The van der Waals surface area contributed by atoms with Gasteiger partial charge in [-0.15, -0.1) is 0 Å². The van der Waals surface area contributed by atoms with E-state index in [1.54, 1.807) is 0 Å². The lowest BCUT2D eigenvalue weighted by Crippen LogP contribution is -2.45. The molecule has 1 aliphatic heterocycles.